The fraction of sp³-hybridized carbons (Fsp3) is 0.308. The molecule has 3 nitrogen and oxygen atoms in total. The minimum Gasteiger partial charge on any atom is -0.495 e. The first-order valence-electron chi connectivity index (χ1n) is 5.43. The van der Waals surface area contributed by atoms with Crippen LogP contribution in [-0.4, -0.2) is 17.2 Å². The predicted molar refractivity (Wildman–Crippen MR) is 68.5 cm³/mol. The van der Waals surface area contributed by atoms with E-state index in [-0.39, 0.29) is 5.92 Å². The average molecular weight is 249 g/mol. The highest BCUT2D eigenvalue weighted by atomic mass is 32.1. The minimum atomic E-state index is -0.549. The van der Waals surface area contributed by atoms with Gasteiger partial charge < -0.3 is 9.84 Å². The summed E-state index contributed by atoms with van der Waals surface area (Å²) < 4.78 is 5.23. The zero-order valence-electron chi connectivity index (χ0n) is 9.83. The largest absolute Gasteiger partial charge is 0.495 e. The number of thiophene rings is 1. The molecule has 17 heavy (non-hydrogen) atoms. The third-order valence-electron chi connectivity index (χ3n) is 2.85. The van der Waals surface area contributed by atoms with Gasteiger partial charge in [0.25, 0.3) is 0 Å². The molecule has 0 saturated carbocycles. The Kier molecular flexibility index (Phi) is 3.76. The quantitative estimate of drug-likeness (QED) is 0.905. The SMILES string of the molecule is COc1ccsc1C(O)C(C)c1ccncc1. The van der Waals surface area contributed by atoms with E-state index < -0.39 is 6.10 Å². The van der Waals surface area contributed by atoms with Crippen molar-refractivity contribution in [3.8, 4) is 5.75 Å². The van der Waals surface area contributed by atoms with Gasteiger partial charge in [-0.2, -0.15) is 0 Å². The lowest BCUT2D eigenvalue weighted by molar-refractivity contribution is 0.152. The highest BCUT2D eigenvalue weighted by Crippen LogP contribution is 2.38. The maximum Gasteiger partial charge on any atom is 0.135 e. The van der Waals surface area contributed by atoms with Crippen molar-refractivity contribution in [2.75, 3.05) is 7.11 Å². The molecule has 1 N–H and O–H groups in total. The van der Waals surface area contributed by atoms with Gasteiger partial charge in [-0.05, 0) is 29.1 Å². The van der Waals surface area contributed by atoms with Gasteiger partial charge in [0.1, 0.15) is 5.75 Å². The second-order valence-electron chi connectivity index (χ2n) is 3.87. The Labute approximate surface area is 105 Å². The van der Waals surface area contributed by atoms with Gasteiger partial charge in [-0.1, -0.05) is 6.92 Å². The number of aromatic nitrogens is 1. The zero-order valence-corrected chi connectivity index (χ0v) is 10.6. The van der Waals surface area contributed by atoms with Crippen molar-refractivity contribution in [3.05, 3.63) is 46.4 Å². The van der Waals surface area contributed by atoms with Crippen LogP contribution in [0.25, 0.3) is 0 Å². The molecule has 0 aliphatic carbocycles. The van der Waals surface area contributed by atoms with Gasteiger partial charge in [0.15, 0.2) is 0 Å². The summed E-state index contributed by atoms with van der Waals surface area (Å²) in [5.41, 5.74) is 1.07. The lowest BCUT2D eigenvalue weighted by atomic mass is 9.95. The molecule has 2 rings (SSSR count). The molecule has 2 unspecified atom stereocenters. The lowest BCUT2D eigenvalue weighted by Crippen LogP contribution is -2.07. The highest BCUT2D eigenvalue weighted by Gasteiger charge is 2.22. The van der Waals surface area contributed by atoms with E-state index in [0.29, 0.717) is 0 Å². The topological polar surface area (TPSA) is 42.4 Å². The van der Waals surface area contributed by atoms with Gasteiger partial charge >= 0.3 is 0 Å². The van der Waals surface area contributed by atoms with Crippen LogP contribution in [0.3, 0.4) is 0 Å². The van der Waals surface area contributed by atoms with Crippen LogP contribution >= 0.6 is 11.3 Å². The van der Waals surface area contributed by atoms with Crippen molar-refractivity contribution in [1.29, 1.82) is 0 Å². The molecule has 0 radical (unpaired) electrons. The minimum absolute atomic E-state index is 0.0190. The van der Waals surface area contributed by atoms with E-state index in [9.17, 15) is 5.11 Å². The van der Waals surface area contributed by atoms with E-state index in [1.54, 1.807) is 19.5 Å². The molecular formula is C13H15NO2S. The maximum atomic E-state index is 10.4. The van der Waals surface area contributed by atoms with Crippen LogP contribution < -0.4 is 4.74 Å². The summed E-state index contributed by atoms with van der Waals surface area (Å²) in [6, 6.07) is 5.73. The van der Waals surface area contributed by atoms with Gasteiger partial charge in [0, 0.05) is 18.3 Å². The normalized spacial score (nSPS) is 14.3. The molecule has 0 aliphatic rings. The smallest absolute Gasteiger partial charge is 0.135 e. The van der Waals surface area contributed by atoms with E-state index >= 15 is 0 Å². The van der Waals surface area contributed by atoms with Crippen LogP contribution in [-0.2, 0) is 0 Å². The van der Waals surface area contributed by atoms with Crippen molar-refractivity contribution in [3.63, 3.8) is 0 Å². The monoisotopic (exact) mass is 249 g/mol. The van der Waals surface area contributed by atoms with Crippen molar-refractivity contribution in [2.24, 2.45) is 0 Å². The molecular weight excluding hydrogens is 234 g/mol. The molecule has 0 amide bonds. The summed E-state index contributed by atoms with van der Waals surface area (Å²) in [6.07, 6.45) is 2.93. The second-order valence-corrected chi connectivity index (χ2v) is 4.81. The number of hydrogen-bond acceptors (Lipinski definition) is 4. The Morgan fingerprint density at radius 1 is 1.29 bits per heavy atom. The Bertz CT molecular complexity index is 469. The lowest BCUT2D eigenvalue weighted by Gasteiger charge is -2.18. The van der Waals surface area contributed by atoms with E-state index in [2.05, 4.69) is 4.98 Å². The Balaban J connectivity index is 2.23. The molecule has 2 aromatic heterocycles. The van der Waals surface area contributed by atoms with Crippen LogP contribution in [0.15, 0.2) is 36.0 Å². The average Bonchev–Trinajstić information content (AvgIpc) is 2.86. The fourth-order valence-electron chi connectivity index (χ4n) is 1.77. The Morgan fingerprint density at radius 2 is 2.00 bits per heavy atom. The van der Waals surface area contributed by atoms with Crippen LogP contribution in [0.4, 0.5) is 0 Å². The first-order chi connectivity index (χ1) is 8.24. The number of nitrogens with zero attached hydrogens (tertiary/aromatic N) is 1. The van der Waals surface area contributed by atoms with Crippen LogP contribution in [0.2, 0.25) is 0 Å². The van der Waals surface area contributed by atoms with E-state index in [1.807, 2.05) is 30.5 Å². The van der Waals surface area contributed by atoms with Crippen molar-refractivity contribution >= 4 is 11.3 Å². The predicted octanol–water partition coefficient (Wildman–Crippen LogP) is 2.99. The molecule has 0 aliphatic heterocycles. The van der Waals surface area contributed by atoms with Crippen molar-refractivity contribution < 1.29 is 9.84 Å². The number of pyridine rings is 1. The molecule has 0 spiro atoms. The summed E-state index contributed by atoms with van der Waals surface area (Å²) >= 11 is 1.51. The number of hydrogen-bond donors (Lipinski definition) is 1. The van der Waals surface area contributed by atoms with E-state index in [1.165, 1.54) is 11.3 Å². The summed E-state index contributed by atoms with van der Waals surface area (Å²) in [6.45, 7) is 2.00. The fourth-order valence-corrected chi connectivity index (χ4v) is 2.72. The van der Waals surface area contributed by atoms with E-state index in [4.69, 9.17) is 4.74 Å². The van der Waals surface area contributed by atoms with E-state index in [0.717, 1.165) is 16.2 Å². The third-order valence-corrected chi connectivity index (χ3v) is 3.82. The molecule has 2 aromatic rings. The maximum absolute atomic E-state index is 10.4. The molecule has 90 valence electrons. The molecule has 4 heteroatoms. The molecule has 0 aromatic carbocycles. The summed E-state index contributed by atoms with van der Waals surface area (Å²) in [5.74, 6) is 0.772. The molecule has 2 atom stereocenters. The number of rotatable bonds is 4. The van der Waals surface area contributed by atoms with Crippen LogP contribution in [0.1, 0.15) is 29.4 Å². The number of aliphatic hydroxyl groups is 1. The second kappa shape index (κ2) is 5.29. The summed E-state index contributed by atoms with van der Waals surface area (Å²) in [7, 11) is 1.62. The van der Waals surface area contributed by atoms with Gasteiger partial charge in [0.2, 0.25) is 0 Å². The molecule has 0 fully saturated rings. The number of ether oxygens (including phenoxy) is 1. The third kappa shape index (κ3) is 2.48. The number of methoxy groups -OCH3 is 1. The van der Waals surface area contributed by atoms with Gasteiger partial charge in [0.05, 0.1) is 18.1 Å². The van der Waals surface area contributed by atoms with Crippen LogP contribution in [0.5, 0.6) is 5.75 Å². The molecule has 0 bridgehead atoms. The Morgan fingerprint density at radius 3 is 2.65 bits per heavy atom. The standard InChI is InChI=1S/C13H15NO2S/c1-9(10-3-6-14-7-4-10)12(15)13-11(16-2)5-8-17-13/h3-9,12,15H,1-2H3. The molecule has 0 saturated heterocycles. The van der Waals surface area contributed by atoms with Gasteiger partial charge in [-0.3, -0.25) is 4.98 Å². The Hall–Kier alpha value is -1.39. The van der Waals surface area contributed by atoms with Gasteiger partial charge in [-0.15, -0.1) is 11.3 Å². The number of aliphatic hydroxyl groups excluding tert-OH is 1. The van der Waals surface area contributed by atoms with Gasteiger partial charge in [-0.25, -0.2) is 0 Å². The summed E-state index contributed by atoms with van der Waals surface area (Å²) in [4.78, 5) is 4.85. The zero-order chi connectivity index (χ0) is 12.3. The molecule has 2 heterocycles. The highest BCUT2D eigenvalue weighted by molar-refractivity contribution is 7.10. The first kappa shape index (κ1) is 12.1. The first-order valence-corrected chi connectivity index (χ1v) is 6.31. The van der Waals surface area contributed by atoms with Crippen molar-refractivity contribution in [2.45, 2.75) is 18.9 Å². The van der Waals surface area contributed by atoms with Crippen LogP contribution in [0, 0.1) is 0 Å². The summed E-state index contributed by atoms with van der Waals surface area (Å²) in [5, 5.41) is 12.3. The van der Waals surface area contributed by atoms with Crippen molar-refractivity contribution in [1.82, 2.24) is 4.98 Å².